The molecule has 128 valence electrons. The molecule has 0 bridgehead atoms. The predicted molar refractivity (Wildman–Crippen MR) is 92.7 cm³/mol. The largest absolute Gasteiger partial charge is 0.480 e. The lowest BCUT2D eigenvalue weighted by molar-refractivity contribution is -0.141. The number of anilines is 1. The molecule has 0 aliphatic heterocycles. The fourth-order valence-electron chi connectivity index (χ4n) is 2.14. The quantitative estimate of drug-likeness (QED) is 0.653. The first kappa shape index (κ1) is 19.2. The van der Waals surface area contributed by atoms with Gasteiger partial charge in [0.2, 0.25) is 5.91 Å². The Hall–Kier alpha value is -1.88. The molecule has 0 aliphatic rings. The first-order valence-electron chi connectivity index (χ1n) is 8.15. The van der Waals surface area contributed by atoms with Crippen LogP contribution in [-0.2, 0) is 9.59 Å². The van der Waals surface area contributed by atoms with E-state index in [1.54, 1.807) is 0 Å². The van der Waals surface area contributed by atoms with Crippen LogP contribution in [0.4, 0.5) is 5.69 Å². The summed E-state index contributed by atoms with van der Waals surface area (Å²) in [7, 11) is 0. The van der Waals surface area contributed by atoms with Crippen LogP contribution in [0.1, 0.15) is 52.0 Å². The van der Waals surface area contributed by atoms with Gasteiger partial charge in [0.05, 0.1) is 6.42 Å². The standard InChI is InChI=1S/C18H28N2O3/c1-12(2)9-10-19-16(18(22)23)11-17(21)20-15-7-5-14(6-8-15)13(3)4/h5-8,12-13,16,19H,9-11H2,1-4H3,(H,20,21)(H,22,23). The molecule has 0 saturated heterocycles. The van der Waals surface area contributed by atoms with Crippen LogP contribution in [0.5, 0.6) is 0 Å². The summed E-state index contributed by atoms with van der Waals surface area (Å²) < 4.78 is 0. The Labute approximate surface area is 138 Å². The summed E-state index contributed by atoms with van der Waals surface area (Å²) in [5, 5.41) is 14.9. The number of rotatable bonds is 9. The van der Waals surface area contributed by atoms with Gasteiger partial charge in [0.1, 0.15) is 6.04 Å². The van der Waals surface area contributed by atoms with E-state index < -0.39 is 12.0 Å². The summed E-state index contributed by atoms with van der Waals surface area (Å²) in [4.78, 5) is 23.3. The Bertz CT molecular complexity index is 510. The second-order valence-corrected chi connectivity index (χ2v) is 6.56. The van der Waals surface area contributed by atoms with Crippen molar-refractivity contribution in [3.8, 4) is 0 Å². The van der Waals surface area contributed by atoms with E-state index in [9.17, 15) is 14.7 Å². The molecule has 3 N–H and O–H groups in total. The van der Waals surface area contributed by atoms with E-state index in [2.05, 4.69) is 38.3 Å². The van der Waals surface area contributed by atoms with E-state index >= 15 is 0 Å². The van der Waals surface area contributed by atoms with Crippen molar-refractivity contribution in [2.24, 2.45) is 5.92 Å². The molecule has 1 atom stereocenters. The highest BCUT2D eigenvalue weighted by molar-refractivity contribution is 5.94. The number of hydrogen-bond acceptors (Lipinski definition) is 3. The SMILES string of the molecule is CC(C)CCNC(CC(=O)Nc1ccc(C(C)C)cc1)C(=O)O. The third kappa shape index (κ3) is 7.28. The summed E-state index contributed by atoms with van der Waals surface area (Å²) in [6, 6.07) is 6.76. The number of nitrogens with one attached hydrogen (secondary N) is 2. The average Bonchev–Trinajstić information content (AvgIpc) is 2.46. The van der Waals surface area contributed by atoms with Crippen LogP contribution >= 0.6 is 0 Å². The maximum absolute atomic E-state index is 12.0. The molecule has 5 heteroatoms. The predicted octanol–water partition coefficient (Wildman–Crippen LogP) is 3.23. The lowest BCUT2D eigenvalue weighted by Crippen LogP contribution is -2.40. The van der Waals surface area contributed by atoms with E-state index in [4.69, 9.17) is 0 Å². The monoisotopic (exact) mass is 320 g/mol. The zero-order valence-electron chi connectivity index (χ0n) is 14.4. The summed E-state index contributed by atoms with van der Waals surface area (Å²) >= 11 is 0. The summed E-state index contributed by atoms with van der Waals surface area (Å²) in [6.45, 7) is 8.95. The smallest absolute Gasteiger partial charge is 0.321 e. The van der Waals surface area contributed by atoms with Gasteiger partial charge in [-0.25, -0.2) is 0 Å². The zero-order valence-corrected chi connectivity index (χ0v) is 14.4. The Morgan fingerprint density at radius 1 is 1.09 bits per heavy atom. The summed E-state index contributed by atoms with van der Waals surface area (Å²) in [5.41, 5.74) is 1.88. The van der Waals surface area contributed by atoms with Gasteiger partial charge in [0.15, 0.2) is 0 Å². The van der Waals surface area contributed by atoms with Crippen LogP contribution in [0.15, 0.2) is 24.3 Å². The molecule has 23 heavy (non-hydrogen) atoms. The van der Waals surface area contributed by atoms with Gasteiger partial charge in [0.25, 0.3) is 0 Å². The molecule has 0 spiro atoms. The Morgan fingerprint density at radius 3 is 2.17 bits per heavy atom. The first-order valence-corrected chi connectivity index (χ1v) is 8.15. The van der Waals surface area contributed by atoms with Gasteiger partial charge in [-0.05, 0) is 42.5 Å². The van der Waals surface area contributed by atoms with Crippen molar-refractivity contribution < 1.29 is 14.7 Å². The van der Waals surface area contributed by atoms with Crippen molar-refractivity contribution in [3.05, 3.63) is 29.8 Å². The minimum atomic E-state index is -1.00. The van der Waals surface area contributed by atoms with Crippen LogP contribution in [-0.4, -0.2) is 29.6 Å². The van der Waals surface area contributed by atoms with Crippen molar-refractivity contribution in [3.63, 3.8) is 0 Å². The average molecular weight is 320 g/mol. The molecule has 1 amide bonds. The molecule has 5 nitrogen and oxygen atoms in total. The van der Waals surface area contributed by atoms with E-state index in [-0.39, 0.29) is 12.3 Å². The number of carboxylic acid groups (broad SMARTS) is 1. The Kier molecular flexibility index (Phi) is 7.75. The molecule has 1 unspecified atom stereocenters. The van der Waals surface area contributed by atoms with Crippen molar-refractivity contribution in [2.75, 3.05) is 11.9 Å². The van der Waals surface area contributed by atoms with Gasteiger partial charge in [0, 0.05) is 5.69 Å². The van der Waals surface area contributed by atoms with Gasteiger partial charge in [-0.3, -0.25) is 9.59 Å². The highest BCUT2D eigenvalue weighted by Gasteiger charge is 2.20. The first-order chi connectivity index (χ1) is 10.8. The maximum atomic E-state index is 12.0. The number of benzene rings is 1. The molecular formula is C18H28N2O3. The van der Waals surface area contributed by atoms with Gasteiger partial charge < -0.3 is 15.7 Å². The third-order valence-corrected chi connectivity index (χ3v) is 3.66. The van der Waals surface area contributed by atoms with Crippen LogP contribution in [0.2, 0.25) is 0 Å². The number of amides is 1. The van der Waals surface area contributed by atoms with Gasteiger partial charge >= 0.3 is 5.97 Å². The fourth-order valence-corrected chi connectivity index (χ4v) is 2.14. The minimum absolute atomic E-state index is 0.0840. The number of hydrogen-bond donors (Lipinski definition) is 3. The second kappa shape index (κ2) is 9.30. The molecule has 1 rings (SSSR count). The number of aliphatic carboxylic acids is 1. The van der Waals surface area contributed by atoms with Crippen LogP contribution in [0.3, 0.4) is 0 Å². The van der Waals surface area contributed by atoms with Crippen molar-refractivity contribution >= 4 is 17.6 Å². The molecular weight excluding hydrogens is 292 g/mol. The Balaban J connectivity index is 2.53. The van der Waals surface area contributed by atoms with E-state index in [1.807, 2.05) is 24.3 Å². The molecule has 0 radical (unpaired) electrons. The maximum Gasteiger partial charge on any atom is 0.321 e. The number of carbonyl (C=O) groups excluding carboxylic acids is 1. The van der Waals surface area contributed by atoms with E-state index in [0.717, 1.165) is 6.42 Å². The molecule has 0 aromatic heterocycles. The Morgan fingerprint density at radius 2 is 1.70 bits per heavy atom. The van der Waals surface area contributed by atoms with Crippen LogP contribution < -0.4 is 10.6 Å². The van der Waals surface area contributed by atoms with Crippen molar-refractivity contribution in [1.82, 2.24) is 5.32 Å². The number of carboxylic acids is 1. The highest BCUT2D eigenvalue weighted by Crippen LogP contribution is 2.17. The number of carbonyl (C=O) groups is 2. The minimum Gasteiger partial charge on any atom is -0.480 e. The summed E-state index contributed by atoms with van der Waals surface area (Å²) in [5.74, 6) is -0.377. The molecule has 0 saturated carbocycles. The molecule has 0 aliphatic carbocycles. The summed E-state index contributed by atoms with van der Waals surface area (Å²) in [6.07, 6.45) is 0.793. The molecule has 0 fully saturated rings. The highest BCUT2D eigenvalue weighted by atomic mass is 16.4. The van der Waals surface area contributed by atoms with E-state index in [1.165, 1.54) is 5.56 Å². The van der Waals surface area contributed by atoms with Gasteiger partial charge in [-0.15, -0.1) is 0 Å². The second-order valence-electron chi connectivity index (χ2n) is 6.56. The topological polar surface area (TPSA) is 78.4 Å². The lowest BCUT2D eigenvalue weighted by Gasteiger charge is -2.15. The fraction of sp³-hybridized carbons (Fsp3) is 0.556. The van der Waals surface area contributed by atoms with Crippen molar-refractivity contribution in [1.29, 1.82) is 0 Å². The zero-order chi connectivity index (χ0) is 17.4. The van der Waals surface area contributed by atoms with Gasteiger partial charge in [-0.1, -0.05) is 39.8 Å². The molecule has 0 heterocycles. The van der Waals surface area contributed by atoms with E-state index in [0.29, 0.717) is 24.1 Å². The van der Waals surface area contributed by atoms with Crippen LogP contribution in [0.25, 0.3) is 0 Å². The molecule has 1 aromatic carbocycles. The van der Waals surface area contributed by atoms with Crippen molar-refractivity contribution in [2.45, 2.75) is 52.5 Å². The van der Waals surface area contributed by atoms with Crippen LogP contribution in [0, 0.1) is 5.92 Å². The third-order valence-electron chi connectivity index (χ3n) is 3.66. The molecule has 1 aromatic rings. The van der Waals surface area contributed by atoms with Gasteiger partial charge in [-0.2, -0.15) is 0 Å². The lowest BCUT2D eigenvalue weighted by atomic mass is 10.0. The normalized spacial score (nSPS) is 12.4.